The number of nitrogens with zero attached hydrogens (tertiary/aromatic N) is 1. The minimum absolute atomic E-state index is 0.315. The number of ether oxygens (including phenoxy) is 2. The van der Waals surface area contributed by atoms with Crippen LogP contribution in [0.1, 0.15) is 37.4 Å². The zero-order chi connectivity index (χ0) is 23.8. The van der Waals surface area contributed by atoms with Crippen LogP contribution in [0.25, 0.3) is 0 Å². The number of carbonyl (C=O) groups is 2. The molecule has 0 aromatic heterocycles. The molecule has 2 amide bonds. The third-order valence-electron chi connectivity index (χ3n) is 6.58. The second kappa shape index (κ2) is 12.2. The molecular formula is C26H32ClN3O4. The van der Waals surface area contributed by atoms with Gasteiger partial charge in [0.1, 0.15) is 0 Å². The number of carbonyl (C=O) groups excluding carboxylic acids is 2. The predicted octanol–water partition coefficient (Wildman–Crippen LogP) is 4.64. The van der Waals surface area contributed by atoms with Crippen LogP contribution in [0.5, 0.6) is 0 Å². The number of nitrogens with one attached hydrogen (secondary N) is 2. The average Bonchev–Trinajstić information content (AvgIpc) is 2.88. The average molecular weight is 486 g/mol. The van der Waals surface area contributed by atoms with Crippen molar-refractivity contribution in [2.75, 3.05) is 38.2 Å². The Hall–Kier alpha value is -2.61. The van der Waals surface area contributed by atoms with E-state index >= 15 is 0 Å². The summed E-state index contributed by atoms with van der Waals surface area (Å²) in [7, 11) is 0. The summed E-state index contributed by atoms with van der Waals surface area (Å²) in [4.78, 5) is 28.2. The highest BCUT2D eigenvalue weighted by molar-refractivity contribution is 6.30. The molecule has 2 aromatic rings. The van der Waals surface area contributed by atoms with E-state index in [9.17, 15) is 9.59 Å². The molecule has 2 heterocycles. The van der Waals surface area contributed by atoms with Crippen molar-refractivity contribution in [3.63, 3.8) is 0 Å². The van der Waals surface area contributed by atoms with Crippen LogP contribution in [0.2, 0.25) is 5.02 Å². The fourth-order valence-corrected chi connectivity index (χ4v) is 4.72. The smallest absolute Gasteiger partial charge is 0.412 e. The highest BCUT2D eigenvalue weighted by Crippen LogP contribution is 2.24. The van der Waals surface area contributed by atoms with Crippen LogP contribution in [0.3, 0.4) is 0 Å². The fourth-order valence-electron chi connectivity index (χ4n) is 4.60. The molecule has 2 saturated heterocycles. The molecule has 0 spiro atoms. The molecule has 0 bridgehead atoms. The summed E-state index contributed by atoms with van der Waals surface area (Å²) in [6.07, 6.45) is 2.58. The van der Waals surface area contributed by atoms with E-state index in [2.05, 4.69) is 15.5 Å². The van der Waals surface area contributed by atoms with Gasteiger partial charge in [-0.05, 0) is 69.0 Å². The lowest BCUT2D eigenvalue weighted by molar-refractivity contribution is -0.129. The van der Waals surface area contributed by atoms with Crippen LogP contribution in [-0.4, -0.2) is 55.8 Å². The van der Waals surface area contributed by atoms with Crippen LogP contribution in [0, 0.1) is 5.92 Å². The third-order valence-corrected chi connectivity index (χ3v) is 6.83. The lowest BCUT2D eigenvalue weighted by atomic mass is 9.94. The van der Waals surface area contributed by atoms with Gasteiger partial charge in [-0.1, -0.05) is 41.9 Å². The minimum atomic E-state index is -1.03. The number of hydrogen-bond donors (Lipinski definition) is 2. The standard InChI is InChI=1S/C26H32ClN3O4/c27-21-6-8-22(9-7-21)29-26(32)34-24(20-4-2-1-3-5-20)25(31)28-18-19-10-14-30(15-11-19)23-12-16-33-17-13-23/h1-9,19,23-24H,10-18H2,(H,28,31)(H,29,32)/t24-/m1/s1. The van der Waals surface area contributed by atoms with Crippen molar-refractivity contribution in [2.45, 2.75) is 37.8 Å². The molecule has 2 aromatic carbocycles. The molecule has 2 N–H and O–H groups in total. The van der Waals surface area contributed by atoms with Crippen molar-refractivity contribution in [1.29, 1.82) is 0 Å². The molecule has 0 radical (unpaired) electrons. The third kappa shape index (κ3) is 6.95. The molecule has 7 nitrogen and oxygen atoms in total. The Morgan fingerprint density at radius 3 is 2.35 bits per heavy atom. The maximum Gasteiger partial charge on any atom is 0.412 e. The number of rotatable bonds is 7. The minimum Gasteiger partial charge on any atom is -0.431 e. The zero-order valence-corrected chi connectivity index (χ0v) is 20.0. The summed E-state index contributed by atoms with van der Waals surface area (Å²) in [6.45, 7) is 4.38. The number of piperidine rings is 1. The summed E-state index contributed by atoms with van der Waals surface area (Å²) in [6, 6.07) is 16.4. The second-order valence-electron chi connectivity index (χ2n) is 8.90. The van der Waals surface area contributed by atoms with Crippen molar-refractivity contribution in [1.82, 2.24) is 10.2 Å². The highest BCUT2D eigenvalue weighted by Gasteiger charge is 2.29. The molecular weight excluding hydrogens is 454 g/mol. The topological polar surface area (TPSA) is 79.9 Å². The molecule has 2 aliphatic rings. The van der Waals surface area contributed by atoms with Gasteiger partial charge in [0.05, 0.1) is 0 Å². The van der Waals surface area contributed by atoms with Gasteiger partial charge in [0.15, 0.2) is 0 Å². The van der Waals surface area contributed by atoms with Gasteiger partial charge in [-0.15, -0.1) is 0 Å². The first-order valence-corrected chi connectivity index (χ1v) is 12.3. The quantitative estimate of drug-likeness (QED) is 0.597. The van der Waals surface area contributed by atoms with Crippen molar-refractivity contribution >= 4 is 29.3 Å². The molecule has 182 valence electrons. The molecule has 1 atom stereocenters. The van der Waals surface area contributed by atoms with Gasteiger partial charge in [0.2, 0.25) is 6.10 Å². The molecule has 2 aliphatic heterocycles. The Kier molecular flexibility index (Phi) is 8.79. The Morgan fingerprint density at radius 2 is 1.68 bits per heavy atom. The van der Waals surface area contributed by atoms with E-state index in [4.69, 9.17) is 21.1 Å². The van der Waals surface area contributed by atoms with E-state index in [1.165, 1.54) is 0 Å². The van der Waals surface area contributed by atoms with Crippen molar-refractivity contribution in [2.24, 2.45) is 5.92 Å². The van der Waals surface area contributed by atoms with Crippen molar-refractivity contribution in [3.05, 3.63) is 65.2 Å². The summed E-state index contributed by atoms with van der Waals surface area (Å²) >= 11 is 5.90. The van der Waals surface area contributed by atoms with Gasteiger partial charge in [0.25, 0.3) is 5.91 Å². The normalized spacial score (nSPS) is 18.7. The monoisotopic (exact) mass is 485 g/mol. The van der Waals surface area contributed by atoms with E-state index in [0.29, 0.717) is 34.8 Å². The van der Waals surface area contributed by atoms with E-state index in [0.717, 1.165) is 52.0 Å². The van der Waals surface area contributed by atoms with E-state index in [1.807, 2.05) is 18.2 Å². The van der Waals surface area contributed by atoms with Gasteiger partial charge in [-0.3, -0.25) is 10.1 Å². The van der Waals surface area contributed by atoms with Crippen LogP contribution in [0.15, 0.2) is 54.6 Å². The summed E-state index contributed by atoms with van der Waals surface area (Å²) in [5.74, 6) is 0.101. The first-order chi connectivity index (χ1) is 16.6. The van der Waals surface area contributed by atoms with Gasteiger partial charge >= 0.3 is 6.09 Å². The van der Waals surface area contributed by atoms with Crippen LogP contribution >= 0.6 is 11.6 Å². The second-order valence-corrected chi connectivity index (χ2v) is 9.33. The number of halogens is 1. The largest absolute Gasteiger partial charge is 0.431 e. The molecule has 0 saturated carbocycles. The first kappa shape index (κ1) is 24.5. The number of amides is 2. The Labute approximate surface area is 205 Å². The fraction of sp³-hybridized carbons (Fsp3) is 0.462. The molecule has 4 rings (SSSR count). The molecule has 34 heavy (non-hydrogen) atoms. The number of hydrogen-bond acceptors (Lipinski definition) is 5. The highest BCUT2D eigenvalue weighted by atomic mass is 35.5. The van der Waals surface area contributed by atoms with Gasteiger partial charge in [-0.25, -0.2) is 4.79 Å². The Morgan fingerprint density at radius 1 is 1.00 bits per heavy atom. The molecule has 0 aliphatic carbocycles. The Balaban J connectivity index is 1.30. The molecule has 2 fully saturated rings. The summed E-state index contributed by atoms with van der Waals surface area (Å²) in [5, 5.41) is 6.24. The molecule has 8 heteroatoms. The summed E-state index contributed by atoms with van der Waals surface area (Å²) in [5.41, 5.74) is 1.17. The maximum atomic E-state index is 13.1. The number of benzene rings is 2. The number of anilines is 1. The zero-order valence-electron chi connectivity index (χ0n) is 19.3. The number of likely N-dealkylation sites (tertiary alicyclic amines) is 1. The van der Waals surface area contributed by atoms with Gasteiger partial charge in [0, 0.05) is 42.1 Å². The molecule has 0 unspecified atom stereocenters. The van der Waals surface area contributed by atoms with E-state index < -0.39 is 12.2 Å². The lowest BCUT2D eigenvalue weighted by Gasteiger charge is -2.39. The summed E-state index contributed by atoms with van der Waals surface area (Å²) < 4.78 is 11.0. The lowest BCUT2D eigenvalue weighted by Crippen LogP contribution is -2.46. The van der Waals surface area contributed by atoms with Gasteiger partial charge in [-0.2, -0.15) is 0 Å². The predicted molar refractivity (Wildman–Crippen MR) is 132 cm³/mol. The SMILES string of the molecule is O=C(Nc1ccc(Cl)cc1)O[C@@H](C(=O)NCC1CCN(C2CCOCC2)CC1)c1ccccc1. The Bertz CT molecular complexity index is 927. The van der Waals surface area contributed by atoms with Crippen LogP contribution in [-0.2, 0) is 14.3 Å². The maximum absolute atomic E-state index is 13.1. The van der Waals surface area contributed by atoms with Crippen LogP contribution in [0.4, 0.5) is 10.5 Å². The van der Waals surface area contributed by atoms with E-state index in [1.54, 1.807) is 36.4 Å². The first-order valence-electron chi connectivity index (χ1n) is 12.0. The van der Waals surface area contributed by atoms with Crippen molar-refractivity contribution < 1.29 is 19.1 Å². The van der Waals surface area contributed by atoms with E-state index in [-0.39, 0.29) is 5.91 Å². The van der Waals surface area contributed by atoms with Crippen molar-refractivity contribution in [3.8, 4) is 0 Å². The van der Waals surface area contributed by atoms with Gasteiger partial charge < -0.3 is 19.7 Å². The van der Waals surface area contributed by atoms with Crippen LogP contribution < -0.4 is 10.6 Å².